The number of amides is 4. The van der Waals surface area contributed by atoms with Crippen LogP contribution in [0.3, 0.4) is 0 Å². The minimum Gasteiger partial charge on any atom is -0.322 e. The molecule has 2 aliphatic rings. The Hall–Kier alpha value is -1.98. The lowest BCUT2D eigenvalue weighted by molar-refractivity contribution is -0.134. The zero-order valence-corrected chi connectivity index (χ0v) is 17.4. The predicted octanol–water partition coefficient (Wildman–Crippen LogP) is 0.985. The lowest BCUT2D eigenvalue weighted by atomic mass is 9.77. The molecular weight excluding hydrogens is 404 g/mol. The van der Waals surface area contributed by atoms with Gasteiger partial charge < -0.3 is 5.32 Å². The fourth-order valence-corrected chi connectivity index (χ4v) is 4.84. The Morgan fingerprint density at radius 2 is 2.00 bits per heavy atom. The molecule has 1 saturated carbocycles. The Balaban J connectivity index is 1.60. The number of hydrazine groups is 1. The molecule has 0 unspecified atom stereocenters. The molecule has 1 saturated heterocycles. The highest BCUT2D eigenvalue weighted by Gasteiger charge is 2.52. The first-order valence-corrected chi connectivity index (χ1v) is 11.8. The standard InChI is InChI=1S/C17H24N4O5S2/c1-11-5-8-17(9-6-11)15(23)21(16(24)19-17)20-14(22)13-4-3-12(27-13)7-10-18-28(2,25)26/h3-4,11,18H,5-10H2,1-2H3,(H,19,24)(H,20,22). The maximum atomic E-state index is 12.8. The number of imide groups is 1. The predicted molar refractivity (Wildman–Crippen MR) is 104 cm³/mol. The van der Waals surface area contributed by atoms with Gasteiger partial charge in [-0.2, -0.15) is 5.01 Å². The van der Waals surface area contributed by atoms with Gasteiger partial charge in [-0.3, -0.25) is 15.0 Å². The maximum Gasteiger partial charge on any atom is 0.344 e. The summed E-state index contributed by atoms with van der Waals surface area (Å²) >= 11 is 1.19. The second-order valence-electron chi connectivity index (χ2n) is 7.46. The maximum absolute atomic E-state index is 12.8. The molecule has 2 heterocycles. The van der Waals surface area contributed by atoms with Crippen LogP contribution in [0.1, 0.15) is 47.2 Å². The van der Waals surface area contributed by atoms with E-state index < -0.39 is 33.4 Å². The Morgan fingerprint density at radius 1 is 1.32 bits per heavy atom. The van der Waals surface area contributed by atoms with Gasteiger partial charge in [0.15, 0.2) is 0 Å². The van der Waals surface area contributed by atoms with E-state index in [1.54, 1.807) is 12.1 Å². The molecule has 1 aliphatic heterocycles. The van der Waals surface area contributed by atoms with Crippen molar-refractivity contribution < 1.29 is 22.8 Å². The monoisotopic (exact) mass is 428 g/mol. The van der Waals surface area contributed by atoms with Crippen LogP contribution in [-0.4, -0.2) is 49.6 Å². The van der Waals surface area contributed by atoms with Crippen molar-refractivity contribution >= 4 is 39.2 Å². The molecule has 3 rings (SSSR count). The molecule has 1 aromatic rings. The number of rotatable bonds is 6. The van der Waals surface area contributed by atoms with E-state index in [0.29, 0.717) is 30.1 Å². The number of urea groups is 1. The number of nitrogens with one attached hydrogen (secondary N) is 3. The van der Waals surface area contributed by atoms with Crippen molar-refractivity contribution in [1.82, 2.24) is 20.5 Å². The molecule has 1 aromatic heterocycles. The molecule has 2 fully saturated rings. The van der Waals surface area contributed by atoms with Crippen molar-refractivity contribution in [1.29, 1.82) is 0 Å². The summed E-state index contributed by atoms with van der Waals surface area (Å²) in [5.41, 5.74) is 1.49. The van der Waals surface area contributed by atoms with E-state index in [2.05, 4.69) is 22.4 Å². The minimum atomic E-state index is -3.26. The van der Waals surface area contributed by atoms with E-state index in [9.17, 15) is 22.8 Å². The van der Waals surface area contributed by atoms with E-state index in [1.807, 2.05) is 0 Å². The van der Waals surface area contributed by atoms with Crippen LogP contribution >= 0.6 is 11.3 Å². The van der Waals surface area contributed by atoms with Crippen LogP contribution in [0, 0.1) is 5.92 Å². The molecule has 1 spiro atoms. The van der Waals surface area contributed by atoms with Crippen molar-refractivity contribution in [2.75, 3.05) is 12.8 Å². The first-order valence-electron chi connectivity index (χ1n) is 9.11. The molecular formula is C17H24N4O5S2. The summed E-state index contributed by atoms with van der Waals surface area (Å²) in [6.07, 6.45) is 4.37. The molecule has 11 heteroatoms. The molecule has 0 bridgehead atoms. The number of hydrogen-bond acceptors (Lipinski definition) is 6. The Morgan fingerprint density at radius 3 is 2.64 bits per heavy atom. The summed E-state index contributed by atoms with van der Waals surface area (Å²) in [5, 5.41) is 3.54. The fraction of sp³-hybridized carbons (Fsp3) is 0.588. The van der Waals surface area contributed by atoms with Gasteiger partial charge in [0.05, 0.1) is 11.1 Å². The van der Waals surface area contributed by atoms with Crippen LogP contribution < -0.4 is 15.5 Å². The quantitative estimate of drug-likeness (QED) is 0.583. The summed E-state index contributed by atoms with van der Waals surface area (Å²) < 4.78 is 24.6. The first kappa shape index (κ1) is 20.7. The molecule has 4 amide bonds. The molecule has 9 nitrogen and oxygen atoms in total. The lowest BCUT2D eigenvalue weighted by Gasteiger charge is -2.33. The molecule has 1 aliphatic carbocycles. The first-order chi connectivity index (χ1) is 13.1. The van der Waals surface area contributed by atoms with E-state index in [1.165, 1.54) is 11.3 Å². The molecule has 0 radical (unpaired) electrons. The SMILES string of the molecule is CC1CCC2(CC1)NC(=O)N(NC(=O)c1ccc(CCNS(C)(=O)=O)s1)C2=O. The number of carbonyl (C=O) groups excluding carboxylic acids is 3. The highest BCUT2D eigenvalue weighted by molar-refractivity contribution is 7.88. The zero-order chi connectivity index (χ0) is 20.5. The Kier molecular flexibility index (Phi) is 5.78. The van der Waals surface area contributed by atoms with Crippen molar-refractivity contribution in [3.63, 3.8) is 0 Å². The summed E-state index contributed by atoms with van der Waals surface area (Å²) in [7, 11) is -3.26. The zero-order valence-electron chi connectivity index (χ0n) is 15.8. The van der Waals surface area contributed by atoms with Gasteiger partial charge in [0.2, 0.25) is 10.0 Å². The third-order valence-corrected chi connectivity index (χ3v) is 7.00. The van der Waals surface area contributed by atoms with Gasteiger partial charge in [-0.05, 0) is 50.2 Å². The fourth-order valence-electron chi connectivity index (χ4n) is 3.47. The van der Waals surface area contributed by atoms with Crippen molar-refractivity contribution in [3.8, 4) is 0 Å². The van der Waals surface area contributed by atoms with Crippen LogP contribution in [0.2, 0.25) is 0 Å². The van der Waals surface area contributed by atoms with E-state index in [0.717, 1.165) is 29.0 Å². The number of nitrogens with zero attached hydrogens (tertiary/aromatic N) is 1. The lowest BCUT2D eigenvalue weighted by Crippen LogP contribution is -2.51. The van der Waals surface area contributed by atoms with Crippen molar-refractivity contribution in [2.45, 2.75) is 44.6 Å². The van der Waals surface area contributed by atoms with Gasteiger partial charge in [0.25, 0.3) is 11.8 Å². The molecule has 28 heavy (non-hydrogen) atoms. The summed E-state index contributed by atoms with van der Waals surface area (Å²) in [6.45, 7) is 2.35. The average Bonchev–Trinajstić information content (AvgIpc) is 3.16. The van der Waals surface area contributed by atoms with Crippen LogP contribution in [0.4, 0.5) is 4.79 Å². The number of carbonyl (C=O) groups is 3. The smallest absolute Gasteiger partial charge is 0.322 e. The second kappa shape index (κ2) is 7.80. The molecule has 154 valence electrons. The number of thiophene rings is 1. The van der Waals surface area contributed by atoms with Crippen molar-refractivity contribution in [2.24, 2.45) is 5.92 Å². The normalized spacial score (nSPS) is 25.2. The minimum absolute atomic E-state index is 0.231. The summed E-state index contributed by atoms with van der Waals surface area (Å²) in [5.74, 6) is -0.440. The van der Waals surface area contributed by atoms with Crippen LogP contribution in [0.25, 0.3) is 0 Å². The Bertz CT molecular complexity index is 887. The highest BCUT2D eigenvalue weighted by atomic mass is 32.2. The second-order valence-corrected chi connectivity index (χ2v) is 10.5. The molecule has 0 aromatic carbocycles. The van der Waals surface area contributed by atoms with Gasteiger partial charge in [-0.1, -0.05) is 6.92 Å². The molecule has 0 atom stereocenters. The summed E-state index contributed by atoms with van der Waals surface area (Å²) in [4.78, 5) is 38.7. The Labute approximate surface area is 167 Å². The number of hydrogen-bond donors (Lipinski definition) is 3. The largest absolute Gasteiger partial charge is 0.344 e. The van der Waals surface area contributed by atoms with E-state index in [-0.39, 0.29) is 6.54 Å². The van der Waals surface area contributed by atoms with Gasteiger partial charge in [-0.25, -0.2) is 17.9 Å². The highest BCUT2D eigenvalue weighted by Crippen LogP contribution is 2.35. The van der Waals surface area contributed by atoms with Crippen LogP contribution in [0.15, 0.2) is 12.1 Å². The van der Waals surface area contributed by atoms with Gasteiger partial charge >= 0.3 is 6.03 Å². The van der Waals surface area contributed by atoms with Crippen molar-refractivity contribution in [3.05, 3.63) is 21.9 Å². The average molecular weight is 429 g/mol. The van der Waals surface area contributed by atoms with Gasteiger partial charge in [0.1, 0.15) is 5.54 Å². The molecule has 3 N–H and O–H groups in total. The topological polar surface area (TPSA) is 125 Å². The van der Waals surface area contributed by atoms with Crippen LogP contribution in [-0.2, 0) is 21.2 Å². The van der Waals surface area contributed by atoms with E-state index in [4.69, 9.17) is 0 Å². The third-order valence-electron chi connectivity index (χ3n) is 5.12. The van der Waals surface area contributed by atoms with Gasteiger partial charge in [-0.15, -0.1) is 11.3 Å². The van der Waals surface area contributed by atoms with E-state index >= 15 is 0 Å². The van der Waals surface area contributed by atoms with Crippen LogP contribution in [0.5, 0.6) is 0 Å². The third kappa shape index (κ3) is 4.53. The number of sulfonamides is 1. The summed E-state index contributed by atoms with van der Waals surface area (Å²) in [6, 6.07) is 2.70. The van der Waals surface area contributed by atoms with Gasteiger partial charge in [0, 0.05) is 11.4 Å².